The molecule has 0 N–H and O–H groups in total. The average molecular weight is 430 g/mol. The molecular weight excluding hydrogens is 408 g/mol. The second-order valence-corrected chi connectivity index (χ2v) is 7.04. The average Bonchev–Trinajstić information content (AvgIpc) is 2.83. The first kappa shape index (κ1) is 21.2. The van der Waals surface area contributed by atoms with Crippen molar-refractivity contribution >= 4 is 16.9 Å². The molecule has 0 radical (unpaired) electrons. The highest BCUT2D eigenvalue weighted by Gasteiger charge is 2.24. The zero-order valence-electron chi connectivity index (χ0n) is 17.7. The maximum absolute atomic E-state index is 12.6. The van der Waals surface area contributed by atoms with E-state index in [0.717, 1.165) is 10.9 Å². The predicted octanol–water partition coefficient (Wildman–Crippen LogP) is 5.15. The number of ether oxygens (including phenoxy) is 3. The Morgan fingerprint density at radius 3 is 2.34 bits per heavy atom. The molecule has 1 aromatic heterocycles. The van der Waals surface area contributed by atoms with E-state index in [9.17, 15) is 9.59 Å². The Morgan fingerprint density at radius 2 is 1.66 bits per heavy atom. The van der Waals surface area contributed by atoms with Crippen LogP contribution in [0.15, 0.2) is 88.1 Å². The second kappa shape index (κ2) is 9.39. The van der Waals surface area contributed by atoms with Crippen LogP contribution in [0, 0.1) is 0 Å². The van der Waals surface area contributed by atoms with Gasteiger partial charge in [-0.2, -0.15) is 0 Å². The maximum Gasteiger partial charge on any atom is 0.352 e. The first-order chi connectivity index (χ1) is 15.6. The van der Waals surface area contributed by atoms with Crippen molar-refractivity contribution in [1.29, 1.82) is 0 Å². The SMILES string of the molecule is CCOC(=O)[C@@H](Oc1ccc2cc(-c3ccc(OC)cc3)c(=O)oc2c1)c1ccccc1. The Labute approximate surface area is 185 Å². The van der Waals surface area contributed by atoms with Gasteiger partial charge in [0.1, 0.15) is 17.1 Å². The molecule has 0 aliphatic rings. The third kappa shape index (κ3) is 4.49. The number of esters is 1. The summed E-state index contributed by atoms with van der Waals surface area (Å²) in [4.78, 5) is 25.1. The summed E-state index contributed by atoms with van der Waals surface area (Å²) in [5.74, 6) is 0.602. The molecular formula is C26H22O6. The van der Waals surface area contributed by atoms with Crippen molar-refractivity contribution < 1.29 is 23.4 Å². The number of rotatable bonds is 7. The first-order valence-corrected chi connectivity index (χ1v) is 10.2. The summed E-state index contributed by atoms with van der Waals surface area (Å²) in [6, 6.07) is 23.2. The summed E-state index contributed by atoms with van der Waals surface area (Å²) in [6.45, 7) is 1.98. The number of carbonyl (C=O) groups is 1. The van der Waals surface area contributed by atoms with Gasteiger partial charge in [0, 0.05) is 17.0 Å². The molecule has 3 aromatic carbocycles. The van der Waals surface area contributed by atoms with Crippen molar-refractivity contribution in [3.63, 3.8) is 0 Å². The van der Waals surface area contributed by atoms with Crippen molar-refractivity contribution in [2.24, 2.45) is 0 Å². The summed E-state index contributed by atoms with van der Waals surface area (Å²) in [5, 5.41) is 0.732. The molecule has 1 atom stereocenters. The van der Waals surface area contributed by atoms with E-state index < -0.39 is 17.7 Å². The molecule has 32 heavy (non-hydrogen) atoms. The molecule has 0 aliphatic carbocycles. The van der Waals surface area contributed by atoms with E-state index >= 15 is 0 Å². The molecule has 1 heterocycles. The van der Waals surface area contributed by atoms with Crippen molar-refractivity contribution in [2.75, 3.05) is 13.7 Å². The predicted molar refractivity (Wildman–Crippen MR) is 121 cm³/mol. The largest absolute Gasteiger partial charge is 0.497 e. The molecule has 4 rings (SSSR count). The van der Waals surface area contributed by atoms with Crippen LogP contribution in [0.2, 0.25) is 0 Å². The van der Waals surface area contributed by atoms with Crippen LogP contribution in [-0.4, -0.2) is 19.7 Å². The number of methoxy groups -OCH3 is 1. The van der Waals surface area contributed by atoms with Crippen LogP contribution in [-0.2, 0) is 9.53 Å². The zero-order chi connectivity index (χ0) is 22.5. The molecule has 0 unspecified atom stereocenters. The van der Waals surface area contributed by atoms with Crippen molar-refractivity contribution in [3.8, 4) is 22.6 Å². The van der Waals surface area contributed by atoms with Gasteiger partial charge >= 0.3 is 11.6 Å². The van der Waals surface area contributed by atoms with Gasteiger partial charge in [-0.15, -0.1) is 0 Å². The monoisotopic (exact) mass is 430 g/mol. The summed E-state index contributed by atoms with van der Waals surface area (Å²) >= 11 is 0. The Balaban J connectivity index is 1.66. The third-order valence-corrected chi connectivity index (χ3v) is 4.97. The zero-order valence-corrected chi connectivity index (χ0v) is 17.7. The number of carbonyl (C=O) groups excluding carboxylic acids is 1. The Morgan fingerprint density at radius 1 is 0.938 bits per heavy atom. The molecule has 0 saturated heterocycles. The molecule has 162 valence electrons. The summed E-state index contributed by atoms with van der Waals surface area (Å²) < 4.78 is 21.8. The third-order valence-electron chi connectivity index (χ3n) is 4.97. The van der Waals surface area contributed by atoms with E-state index in [1.54, 1.807) is 74.7 Å². The standard InChI is InChI=1S/C26H22O6/c1-3-30-26(28)24(18-7-5-4-6-8-18)31-21-14-11-19-15-22(25(27)32-23(19)16-21)17-9-12-20(29-2)13-10-17/h4-16,24H,3H2,1-2H3/t24-/m0/s1. The highest BCUT2D eigenvalue weighted by atomic mass is 16.6. The van der Waals surface area contributed by atoms with Crippen LogP contribution in [0.25, 0.3) is 22.1 Å². The van der Waals surface area contributed by atoms with Gasteiger partial charge in [-0.25, -0.2) is 9.59 Å². The quantitative estimate of drug-likeness (QED) is 0.298. The molecule has 6 heteroatoms. The number of hydrogen-bond donors (Lipinski definition) is 0. The fourth-order valence-corrected chi connectivity index (χ4v) is 3.37. The normalized spacial score (nSPS) is 11.7. The smallest absolute Gasteiger partial charge is 0.352 e. The summed E-state index contributed by atoms with van der Waals surface area (Å²) in [7, 11) is 1.59. The Kier molecular flexibility index (Phi) is 6.22. The number of hydrogen-bond acceptors (Lipinski definition) is 6. The highest BCUT2D eigenvalue weighted by molar-refractivity contribution is 5.83. The van der Waals surface area contributed by atoms with Crippen molar-refractivity contribution in [2.45, 2.75) is 13.0 Å². The summed E-state index contributed by atoms with van der Waals surface area (Å²) in [5.41, 5.74) is 1.74. The molecule has 0 fully saturated rings. The molecule has 0 amide bonds. The Hall–Kier alpha value is -4.06. The molecule has 0 spiro atoms. The number of fused-ring (bicyclic) bond motifs is 1. The lowest BCUT2D eigenvalue weighted by Gasteiger charge is -2.18. The van der Waals surface area contributed by atoms with Gasteiger partial charge in [0.05, 0.1) is 19.3 Å². The van der Waals surface area contributed by atoms with Gasteiger partial charge in [-0.1, -0.05) is 42.5 Å². The van der Waals surface area contributed by atoms with Gasteiger partial charge in [0.2, 0.25) is 6.10 Å². The van der Waals surface area contributed by atoms with Crippen LogP contribution >= 0.6 is 0 Å². The lowest BCUT2D eigenvalue weighted by Crippen LogP contribution is -2.21. The van der Waals surface area contributed by atoms with Gasteiger partial charge in [0.25, 0.3) is 0 Å². The van der Waals surface area contributed by atoms with Crippen molar-refractivity contribution in [1.82, 2.24) is 0 Å². The fourth-order valence-electron chi connectivity index (χ4n) is 3.37. The molecule has 6 nitrogen and oxygen atoms in total. The fraction of sp³-hybridized carbons (Fsp3) is 0.154. The van der Waals surface area contributed by atoms with E-state index in [2.05, 4.69) is 0 Å². The van der Waals surface area contributed by atoms with Crippen molar-refractivity contribution in [3.05, 3.63) is 94.8 Å². The summed E-state index contributed by atoms with van der Waals surface area (Å²) in [6.07, 6.45) is -0.932. The maximum atomic E-state index is 12.6. The van der Waals surface area contributed by atoms with Gasteiger partial charge in [-0.3, -0.25) is 0 Å². The minimum Gasteiger partial charge on any atom is -0.497 e. The molecule has 0 saturated carbocycles. The van der Waals surface area contributed by atoms with Gasteiger partial charge in [0.15, 0.2) is 0 Å². The van der Waals surface area contributed by atoms with Crippen LogP contribution < -0.4 is 15.1 Å². The van der Waals surface area contributed by atoms with E-state index in [-0.39, 0.29) is 6.61 Å². The van der Waals surface area contributed by atoms with E-state index in [4.69, 9.17) is 18.6 Å². The lowest BCUT2D eigenvalue weighted by atomic mass is 10.1. The topological polar surface area (TPSA) is 75.0 Å². The minimum absolute atomic E-state index is 0.242. The highest BCUT2D eigenvalue weighted by Crippen LogP contribution is 2.28. The second-order valence-electron chi connectivity index (χ2n) is 7.04. The minimum atomic E-state index is -0.932. The van der Waals surface area contributed by atoms with E-state index in [0.29, 0.717) is 28.2 Å². The lowest BCUT2D eigenvalue weighted by molar-refractivity contribution is -0.151. The van der Waals surface area contributed by atoms with E-state index in [1.807, 2.05) is 18.2 Å². The van der Waals surface area contributed by atoms with Crippen LogP contribution in [0.5, 0.6) is 11.5 Å². The number of benzene rings is 3. The van der Waals surface area contributed by atoms with Gasteiger partial charge in [-0.05, 0) is 42.8 Å². The van der Waals surface area contributed by atoms with Crippen LogP contribution in [0.4, 0.5) is 0 Å². The molecule has 4 aromatic rings. The van der Waals surface area contributed by atoms with Crippen LogP contribution in [0.3, 0.4) is 0 Å². The van der Waals surface area contributed by atoms with E-state index in [1.165, 1.54) is 0 Å². The molecule has 0 bridgehead atoms. The Bertz CT molecular complexity index is 1280. The van der Waals surface area contributed by atoms with Gasteiger partial charge < -0.3 is 18.6 Å². The van der Waals surface area contributed by atoms with Crippen LogP contribution in [0.1, 0.15) is 18.6 Å². The molecule has 0 aliphatic heterocycles. The first-order valence-electron chi connectivity index (χ1n) is 10.2.